The molecular formula is C23H30N2O4. The number of carbonyl (C=O) groups is 2. The van der Waals surface area contributed by atoms with Crippen LogP contribution in [0.15, 0.2) is 42.5 Å². The Kier molecular flexibility index (Phi) is 7.26. The van der Waals surface area contributed by atoms with E-state index >= 15 is 0 Å². The topological polar surface area (TPSA) is 67.9 Å². The second-order valence-electron chi connectivity index (χ2n) is 7.87. The van der Waals surface area contributed by atoms with Crippen molar-refractivity contribution in [1.82, 2.24) is 5.32 Å². The molecule has 0 fully saturated rings. The summed E-state index contributed by atoms with van der Waals surface area (Å²) < 4.78 is 10.5. The van der Waals surface area contributed by atoms with E-state index in [1.165, 1.54) is 17.4 Å². The van der Waals surface area contributed by atoms with Crippen molar-refractivity contribution in [3.05, 3.63) is 53.6 Å². The van der Waals surface area contributed by atoms with Crippen LogP contribution in [0.2, 0.25) is 0 Å². The molecule has 0 saturated heterocycles. The smallest absolute Gasteiger partial charge is 0.240 e. The summed E-state index contributed by atoms with van der Waals surface area (Å²) >= 11 is 0. The first kappa shape index (κ1) is 22.3. The molecule has 29 heavy (non-hydrogen) atoms. The normalized spacial score (nSPS) is 11.0. The molecule has 0 heterocycles. The monoisotopic (exact) mass is 398 g/mol. The van der Waals surface area contributed by atoms with Gasteiger partial charge in [-0.2, -0.15) is 0 Å². The Morgan fingerprint density at radius 1 is 0.966 bits per heavy atom. The van der Waals surface area contributed by atoms with Gasteiger partial charge in [0.15, 0.2) is 11.5 Å². The molecule has 2 rings (SSSR count). The van der Waals surface area contributed by atoms with E-state index in [2.05, 4.69) is 26.1 Å². The highest BCUT2D eigenvalue weighted by molar-refractivity contribution is 5.97. The molecule has 0 spiro atoms. The number of hydrogen-bond acceptors (Lipinski definition) is 4. The van der Waals surface area contributed by atoms with E-state index in [1.807, 2.05) is 36.4 Å². The summed E-state index contributed by atoms with van der Waals surface area (Å²) in [7, 11) is 3.14. The molecule has 6 nitrogen and oxygen atoms in total. The van der Waals surface area contributed by atoms with Crippen LogP contribution in [0.5, 0.6) is 11.5 Å². The van der Waals surface area contributed by atoms with Crippen LogP contribution in [0, 0.1) is 0 Å². The molecule has 0 bridgehead atoms. The number of hydrogen-bond donors (Lipinski definition) is 1. The predicted octanol–water partition coefficient (Wildman–Crippen LogP) is 3.67. The second-order valence-corrected chi connectivity index (χ2v) is 7.87. The molecule has 0 aliphatic rings. The Balaban J connectivity index is 2.04. The van der Waals surface area contributed by atoms with Crippen molar-refractivity contribution in [3.8, 4) is 11.5 Å². The lowest BCUT2D eigenvalue weighted by Crippen LogP contribution is -2.39. The van der Waals surface area contributed by atoms with Crippen LogP contribution >= 0.6 is 0 Å². The van der Waals surface area contributed by atoms with Crippen LogP contribution in [-0.4, -0.2) is 32.6 Å². The molecule has 2 aromatic carbocycles. The third kappa shape index (κ3) is 5.98. The van der Waals surface area contributed by atoms with Crippen molar-refractivity contribution in [2.45, 2.75) is 39.7 Å². The Labute approximate surface area is 172 Å². The fourth-order valence-corrected chi connectivity index (χ4v) is 2.92. The molecular weight excluding hydrogens is 368 g/mol. The average molecular weight is 399 g/mol. The number of anilines is 1. The quantitative estimate of drug-likeness (QED) is 0.773. The van der Waals surface area contributed by atoms with Crippen LogP contribution in [0.25, 0.3) is 0 Å². The molecule has 0 unspecified atom stereocenters. The summed E-state index contributed by atoms with van der Waals surface area (Å²) in [6, 6.07) is 13.2. The van der Waals surface area contributed by atoms with Crippen molar-refractivity contribution in [3.63, 3.8) is 0 Å². The number of carbonyl (C=O) groups excluding carboxylic acids is 2. The first-order valence-electron chi connectivity index (χ1n) is 9.52. The molecule has 0 atom stereocenters. The fraction of sp³-hybridized carbons (Fsp3) is 0.391. The highest BCUT2D eigenvalue weighted by Gasteiger charge is 2.18. The Bertz CT molecular complexity index is 854. The van der Waals surface area contributed by atoms with Gasteiger partial charge in [0.25, 0.3) is 0 Å². The lowest BCUT2D eigenvalue weighted by atomic mass is 9.87. The van der Waals surface area contributed by atoms with Crippen molar-refractivity contribution in [1.29, 1.82) is 0 Å². The summed E-state index contributed by atoms with van der Waals surface area (Å²) in [5.41, 5.74) is 2.77. The van der Waals surface area contributed by atoms with Crippen molar-refractivity contribution >= 4 is 17.5 Å². The molecule has 0 saturated carbocycles. The SMILES string of the molecule is COc1ccc(CNC(=O)CN(C(C)=O)c2ccc(C(C)(C)C)cc2)cc1OC. The van der Waals surface area contributed by atoms with E-state index < -0.39 is 0 Å². The third-order valence-corrected chi connectivity index (χ3v) is 4.66. The Morgan fingerprint density at radius 3 is 2.10 bits per heavy atom. The van der Waals surface area contributed by atoms with Gasteiger partial charge in [-0.1, -0.05) is 39.0 Å². The van der Waals surface area contributed by atoms with E-state index in [0.717, 1.165) is 5.56 Å². The van der Waals surface area contributed by atoms with Gasteiger partial charge in [0.05, 0.1) is 14.2 Å². The van der Waals surface area contributed by atoms with E-state index in [0.29, 0.717) is 23.7 Å². The van der Waals surface area contributed by atoms with Crippen LogP contribution in [0.3, 0.4) is 0 Å². The molecule has 1 N–H and O–H groups in total. The van der Waals surface area contributed by atoms with Crippen LogP contribution < -0.4 is 19.7 Å². The summed E-state index contributed by atoms with van der Waals surface area (Å²) in [6.45, 7) is 8.13. The van der Waals surface area contributed by atoms with Gasteiger partial charge in [0.2, 0.25) is 11.8 Å². The number of rotatable bonds is 7. The minimum absolute atomic E-state index is 0.0242. The number of methoxy groups -OCH3 is 2. The lowest BCUT2D eigenvalue weighted by molar-refractivity contribution is -0.123. The van der Waals surface area contributed by atoms with Gasteiger partial charge in [-0.05, 0) is 40.8 Å². The summed E-state index contributed by atoms with van der Waals surface area (Å²) in [4.78, 5) is 26.0. The maximum atomic E-state index is 12.4. The number of nitrogens with zero attached hydrogens (tertiary/aromatic N) is 1. The largest absolute Gasteiger partial charge is 0.493 e. The van der Waals surface area contributed by atoms with Gasteiger partial charge in [-0.3, -0.25) is 9.59 Å². The van der Waals surface area contributed by atoms with E-state index in [-0.39, 0.29) is 23.8 Å². The third-order valence-electron chi connectivity index (χ3n) is 4.66. The minimum Gasteiger partial charge on any atom is -0.493 e. The first-order valence-corrected chi connectivity index (χ1v) is 9.52. The van der Waals surface area contributed by atoms with Crippen LogP contribution in [0.4, 0.5) is 5.69 Å². The van der Waals surface area contributed by atoms with Crippen LogP contribution in [-0.2, 0) is 21.5 Å². The van der Waals surface area contributed by atoms with Crippen LogP contribution in [0.1, 0.15) is 38.8 Å². The first-order chi connectivity index (χ1) is 13.7. The zero-order valence-corrected chi connectivity index (χ0v) is 18.0. The molecule has 156 valence electrons. The molecule has 2 amide bonds. The maximum absolute atomic E-state index is 12.4. The minimum atomic E-state index is -0.241. The number of benzene rings is 2. The van der Waals surface area contributed by atoms with Gasteiger partial charge in [0.1, 0.15) is 6.54 Å². The van der Waals surface area contributed by atoms with E-state index in [4.69, 9.17) is 9.47 Å². The van der Waals surface area contributed by atoms with E-state index in [9.17, 15) is 9.59 Å². The van der Waals surface area contributed by atoms with Gasteiger partial charge in [-0.25, -0.2) is 0 Å². The second kappa shape index (κ2) is 9.45. The number of nitrogens with one attached hydrogen (secondary N) is 1. The maximum Gasteiger partial charge on any atom is 0.240 e. The summed E-state index contributed by atoms with van der Waals surface area (Å²) in [5.74, 6) is 0.803. The van der Waals surface area contributed by atoms with Crippen molar-refractivity contribution in [2.24, 2.45) is 0 Å². The average Bonchev–Trinajstić information content (AvgIpc) is 2.69. The highest BCUT2D eigenvalue weighted by Crippen LogP contribution is 2.27. The molecule has 0 radical (unpaired) electrons. The molecule has 0 aliphatic heterocycles. The molecule has 0 aliphatic carbocycles. The van der Waals surface area contributed by atoms with E-state index in [1.54, 1.807) is 20.3 Å². The zero-order chi connectivity index (χ0) is 21.6. The Morgan fingerprint density at radius 2 is 1.59 bits per heavy atom. The highest BCUT2D eigenvalue weighted by atomic mass is 16.5. The summed E-state index contributed by atoms with van der Waals surface area (Å²) in [6.07, 6.45) is 0. The number of ether oxygens (including phenoxy) is 2. The zero-order valence-electron chi connectivity index (χ0n) is 18.0. The van der Waals surface area contributed by atoms with Gasteiger partial charge >= 0.3 is 0 Å². The Hall–Kier alpha value is -3.02. The van der Waals surface area contributed by atoms with Crippen molar-refractivity contribution < 1.29 is 19.1 Å². The van der Waals surface area contributed by atoms with Gasteiger partial charge in [-0.15, -0.1) is 0 Å². The lowest BCUT2D eigenvalue weighted by Gasteiger charge is -2.23. The number of amides is 2. The van der Waals surface area contributed by atoms with Gasteiger partial charge < -0.3 is 19.7 Å². The molecule has 0 aromatic heterocycles. The summed E-state index contributed by atoms with van der Waals surface area (Å²) in [5, 5.41) is 2.85. The molecule has 6 heteroatoms. The van der Waals surface area contributed by atoms with Crippen molar-refractivity contribution in [2.75, 3.05) is 25.7 Å². The standard InChI is InChI=1S/C23H30N2O4/c1-16(26)25(19-10-8-18(9-11-19)23(2,3)4)15-22(27)24-14-17-7-12-20(28-5)21(13-17)29-6/h7-13H,14-15H2,1-6H3,(H,24,27). The fourth-order valence-electron chi connectivity index (χ4n) is 2.92. The van der Waals surface area contributed by atoms with Gasteiger partial charge in [0, 0.05) is 19.2 Å². The predicted molar refractivity (Wildman–Crippen MR) is 115 cm³/mol. The molecule has 2 aromatic rings.